The first kappa shape index (κ1) is 7.09. The number of rotatable bonds is 1. The molecule has 62 valence electrons. The van der Waals surface area contributed by atoms with Gasteiger partial charge in [-0.25, -0.2) is 4.79 Å². The molecule has 0 bridgehead atoms. The van der Waals surface area contributed by atoms with Crippen molar-refractivity contribution in [3.05, 3.63) is 24.0 Å². The Morgan fingerprint density at radius 2 is 2.42 bits per heavy atom. The van der Waals surface area contributed by atoms with Gasteiger partial charge in [-0.05, 0) is 12.1 Å². The molecule has 1 N–H and O–H groups in total. The number of nitrogens with zero attached hydrogens (tertiary/aromatic N) is 1. The zero-order valence-corrected chi connectivity index (χ0v) is 6.23. The third-order valence-corrected chi connectivity index (χ3v) is 2.06. The third kappa shape index (κ3) is 0.777. The number of carbonyl (C=O) groups is 2. The first-order valence-corrected chi connectivity index (χ1v) is 3.63. The topological polar surface area (TPSA) is 59.3 Å². The molecule has 0 fully saturated rings. The SMILES string of the molecule is O=C1C[C@@H](C(=O)O)n2cccc21. The van der Waals surface area contributed by atoms with Crippen LogP contribution in [0.25, 0.3) is 0 Å². The Morgan fingerprint density at radius 3 is 3.08 bits per heavy atom. The summed E-state index contributed by atoms with van der Waals surface area (Å²) in [6.45, 7) is 0. The van der Waals surface area contributed by atoms with E-state index >= 15 is 0 Å². The van der Waals surface area contributed by atoms with Crippen molar-refractivity contribution in [2.24, 2.45) is 0 Å². The number of ketones is 1. The molecule has 4 heteroatoms. The van der Waals surface area contributed by atoms with Gasteiger partial charge in [0.2, 0.25) is 0 Å². The number of aliphatic carboxylic acids is 1. The summed E-state index contributed by atoms with van der Waals surface area (Å²) >= 11 is 0. The Bertz CT molecular complexity index is 353. The van der Waals surface area contributed by atoms with Crippen LogP contribution in [-0.2, 0) is 4.79 Å². The summed E-state index contributed by atoms with van der Waals surface area (Å²) in [6, 6.07) is 2.63. The van der Waals surface area contributed by atoms with Gasteiger partial charge < -0.3 is 9.67 Å². The van der Waals surface area contributed by atoms with E-state index in [1.54, 1.807) is 18.3 Å². The van der Waals surface area contributed by atoms with Crippen LogP contribution < -0.4 is 0 Å². The van der Waals surface area contributed by atoms with Gasteiger partial charge in [0.05, 0.1) is 5.69 Å². The molecule has 4 nitrogen and oxygen atoms in total. The Kier molecular flexibility index (Phi) is 1.30. The molecule has 0 unspecified atom stereocenters. The summed E-state index contributed by atoms with van der Waals surface area (Å²) in [4.78, 5) is 21.8. The first-order chi connectivity index (χ1) is 5.70. The maximum Gasteiger partial charge on any atom is 0.327 e. The van der Waals surface area contributed by atoms with E-state index in [4.69, 9.17) is 5.11 Å². The molecule has 1 aromatic rings. The number of fused-ring (bicyclic) bond motifs is 1. The monoisotopic (exact) mass is 165 g/mol. The van der Waals surface area contributed by atoms with Gasteiger partial charge in [0.15, 0.2) is 5.78 Å². The van der Waals surface area contributed by atoms with Crippen molar-refractivity contribution in [1.29, 1.82) is 0 Å². The van der Waals surface area contributed by atoms with E-state index in [9.17, 15) is 9.59 Å². The van der Waals surface area contributed by atoms with Crippen LogP contribution in [-0.4, -0.2) is 21.4 Å². The van der Waals surface area contributed by atoms with Gasteiger partial charge in [0.25, 0.3) is 0 Å². The van der Waals surface area contributed by atoms with Crippen LogP contribution in [0.1, 0.15) is 23.0 Å². The molecule has 1 aliphatic rings. The van der Waals surface area contributed by atoms with Crippen molar-refractivity contribution in [2.45, 2.75) is 12.5 Å². The molecule has 1 aromatic heterocycles. The standard InChI is InChI=1S/C8H7NO3/c10-7-4-6(8(11)12)9-3-1-2-5(7)9/h1-3,6H,4H2,(H,11,12)/t6-/m0/s1. The van der Waals surface area contributed by atoms with Gasteiger partial charge in [-0.15, -0.1) is 0 Å². The lowest BCUT2D eigenvalue weighted by molar-refractivity contribution is -0.140. The molecule has 12 heavy (non-hydrogen) atoms. The normalized spacial score (nSPS) is 21.0. The molecule has 0 radical (unpaired) electrons. The van der Waals surface area contributed by atoms with Crippen molar-refractivity contribution >= 4 is 11.8 Å². The Hall–Kier alpha value is -1.58. The van der Waals surface area contributed by atoms with Crippen molar-refractivity contribution in [1.82, 2.24) is 4.57 Å². The second kappa shape index (κ2) is 2.20. The number of Topliss-reactive ketones (excluding diaryl/α,β-unsaturated/α-hetero) is 1. The molecule has 0 saturated heterocycles. The quantitative estimate of drug-likeness (QED) is 0.666. The molecule has 0 spiro atoms. The van der Waals surface area contributed by atoms with E-state index in [1.807, 2.05) is 0 Å². The molecule has 0 amide bonds. The van der Waals surface area contributed by atoms with Gasteiger partial charge in [-0.2, -0.15) is 0 Å². The summed E-state index contributed by atoms with van der Waals surface area (Å²) in [6.07, 6.45) is 1.71. The van der Waals surface area contributed by atoms with Crippen LogP contribution >= 0.6 is 0 Å². The van der Waals surface area contributed by atoms with E-state index in [1.165, 1.54) is 4.57 Å². The fourth-order valence-corrected chi connectivity index (χ4v) is 1.49. The number of carboxylic acid groups (broad SMARTS) is 1. The molecule has 0 aliphatic carbocycles. The van der Waals surface area contributed by atoms with Gasteiger partial charge in [0, 0.05) is 12.6 Å². The van der Waals surface area contributed by atoms with Crippen molar-refractivity contribution < 1.29 is 14.7 Å². The average molecular weight is 165 g/mol. The minimum absolute atomic E-state index is 0.0888. The summed E-state index contributed by atoms with van der Waals surface area (Å²) in [7, 11) is 0. The zero-order chi connectivity index (χ0) is 8.72. The van der Waals surface area contributed by atoms with Crippen molar-refractivity contribution in [3.8, 4) is 0 Å². The molecule has 0 aromatic carbocycles. The summed E-state index contributed by atoms with van der Waals surface area (Å²) in [5, 5.41) is 8.72. The molecular formula is C8H7NO3. The van der Waals surface area contributed by atoms with Crippen LogP contribution in [0.2, 0.25) is 0 Å². The molecule has 1 aliphatic heterocycles. The molecular weight excluding hydrogens is 158 g/mol. The lowest BCUT2D eigenvalue weighted by Gasteiger charge is -2.04. The molecule has 0 saturated carbocycles. The predicted molar refractivity (Wildman–Crippen MR) is 40.1 cm³/mol. The summed E-state index contributed by atoms with van der Waals surface area (Å²) < 4.78 is 1.50. The van der Waals surface area contributed by atoms with Crippen molar-refractivity contribution in [3.63, 3.8) is 0 Å². The highest BCUT2D eigenvalue weighted by Crippen LogP contribution is 2.25. The number of aromatic nitrogens is 1. The maximum atomic E-state index is 11.2. The highest BCUT2D eigenvalue weighted by molar-refractivity contribution is 6.00. The van der Waals surface area contributed by atoms with Gasteiger partial charge in [-0.1, -0.05) is 0 Å². The van der Waals surface area contributed by atoms with E-state index in [0.717, 1.165) is 0 Å². The summed E-state index contributed by atoms with van der Waals surface area (Å²) in [5.41, 5.74) is 0.502. The van der Waals surface area contributed by atoms with Crippen LogP contribution in [0.4, 0.5) is 0 Å². The summed E-state index contributed by atoms with van der Waals surface area (Å²) in [5.74, 6) is -1.04. The van der Waals surface area contributed by atoms with Gasteiger partial charge >= 0.3 is 5.97 Å². The average Bonchev–Trinajstić information content (AvgIpc) is 2.53. The molecule has 2 heterocycles. The highest BCUT2D eigenvalue weighted by atomic mass is 16.4. The smallest absolute Gasteiger partial charge is 0.327 e. The van der Waals surface area contributed by atoms with Crippen LogP contribution in [0.15, 0.2) is 18.3 Å². The number of hydrogen-bond donors (Lipinski definition) is 1. The molecule has 1 atom stereocenters. The van der Waals surface area contributed by atoms with E-state index in [0.29, 0.717) is 5.69 Å². The van der Waals surface area contributed by atoms with Crippen LogP contribution in [0.3, 0.4) is 0 Å². The van der Waals surface area contributed by atoms with E-state index < -0.39 is 12.0 Å². The third-order valence-electron chi connectivity index (χ3n) is 2.06. The fraction of sp³-hybridized carbons (Fsp3) is 0.250. The largest absolute Gasteiger partial charge is 0.480 e. The number of hydrogen-bond acceptors (Lipinski definition) is 2. The number of carboxylic acids is 1. The Balaban J connectivity index is 2.48. The molecule has 2 rings (SSSR count). The number of carbonyl (C=O) groups excluding carboxylic acids is 1. The van der Waals surface area contributed by atoms with Gasteiger partial charge in [-0.3, -0.25) is 4.79 Å². The Labute approximate surface area is 68.4 Å². The lowest BCUT2D eigenvalue weighted by atomic mass is 10.2. The Morgan fingerprint density at radius 1 is 1.67 bits per heavy atom. The maximum absolute atomic E-state index is 11.2. The first-order valence-electron chi connectivity index (χ1n) is 3.63. The highest BCUT2D eigenvalue weighted by Gasteiger charge is 2.32. The van der Waals surface area contributed by atoms with Crippen molar-refractivity contribution in [2.75, 3.05) is 0 Å². The van der Waals surface area contributed by atoms with E-state index in [2.05, 4.69) is 0 Å². The van der Waals surface area contributed by atoms with Crippen LogP contribution in [0.5, 0.6) is 0 Å². The minimum atomic E-state index is -0.946. The van der Waals surface area contributed by atoms with Gasteiger partial charge in [0.1, 0.15) is 6.04 Å². The van der Waals surface area contributed by atoms with Crippen LogP contribution in [0, 0.1) is 0 Å². The minimum Gasteiger partial charge on any atom is -0.480 e. The lowest BCUT2D eigenvalue weighted by Crippen LogP contribution is -2.13. The second-order valence-electron chi connectivity index (χ2n) is 2.78. The fourth-order valence-electron chi connectivity index (χ4n) is 1.49. The zero-order valence-electron chi connectivity index (χ0n) is 6.23. The predicted octanol–water partition coefficient (Wildman–Crippen LogP) is 0.700. The second-order valence-corrected chi connectivity index (χ2v) is 2.78. The van der Waals surface area contributed by atoms with E-state index in [-0.39, 0.29) is 12.2 Å².